The predicted octanol–water partition coefficient (Wildman–Crippen LogP) is 1.72. The van der Waals surface area contributed by atoms with E-state index < -0.39 is 6.43 Å². The molecule has 0 radical (unpaired) electrons. The van der Waals surface area contributed by atoms with Gasteiger partial charge in [0.05, 0.1) is 0 Å². The first-order valence-corrected chi connectivity index (χ1v) is 4.32. The lowest BCUT2D eigenvalue weighted by Gasteiger charge is -2.01. The molecule has 66 valence electrons. The van der Waals surface area contributed by atoms with Gasteiger partial charge in [0.2, 0.25) is 0 Å². The van der Waals surface area contributed by atoms with Gasteiger partial charge in [0.25, 0.3) is 6.43 Å². The van der Waals surface area contributed by atoms with Gasteiger partial charge in [0, 0.05) is 6.07 Å². The molecule has 1 aromatic heterocycles. The summed E-state index contributed by atoms with van der Waals surface area (Å²) in [6.45, 7) is 0. The summed E-state index contributed by atoms with van der Waals surface area (Å²) < 4.78 is 24.2. The van der Waals surface area contributed by atoms with E-state index in [1.165, 1.54) is 11.8 Å². The third kappa shape index (κ3) is 2.04. The second kappa shape index (κ2) is 3.66. The van der Waals surface area contributed by atoms with E-state index in [4.69, 9.17) is 5.73 Å². The third-order valence-corrected chi connectivity index (χ3v) is 1.70. The zero-order valence-electron chi connectivity index (χ0n) is 6.29. The minimum atomic E-state index is -2.60. The highest BCUT2D eigenvalue weighted by molar-refractivity contribution is 7.98. The number of hydrogen-bond donors (Lipinski definition) is 1. The highest BCUT2D eigenvalue weighted by Crippen LogP contribution is 2.20. The fourth-order valence-corrected chi connectivity index (χ4v) is 1.06. The summed E-state index contributed by atoms with van der Waals surface area (Å²) in [5.74, 6) is 0.0737. The van der Waals surface area contributed by atoms with Gasteiger partial charge in [0.15, 0.2) is 5.16 Å². The Morgan fingerprint density at radius 1 is 1.50 bits per heavy atom. The van der Waals surface area contributed by atoms with Gasteiger partial charge in [-0.05, 0) is 6.26 Å². The quantitative estimate of drug-likeness (QED) is 0.571. The van der Waals surface area contributed by atoms with Crippen LogP contribution in [-0.2, 0) is 0 Å². The van der Waals surface area contributed by atoms with E-state index in [0.29, 0.717) is 0 Å². The predicted molar refractivity (Wildman–Crippen MR) is 43.2 cm³/mol. The first-order valence-electron chi connectivity index (χ1n) is 3.10. The number of nitrogens with two attached hydrogens (primary N) is 1. The van der Waals surface area contributed by atoms with E-state index in [9.17, 15) is 8.78 Å². The molecule has 0 fully saturated rings. The van der Waals surface area contributed by atoms with Gasteiger partial charge in [0.1, 0.15) is 11.5 Å². The van der Waals surface area contributed by atoms with Crippen molar-refractivity contribution in [1.29, 1.82) is 0 Å². The lowest BCUT2D eigenvalue weighted by Crippen LogP contribution is -1.99. The van der Waals surface area contributed by atoms with Gasteiger partial charge in [-0.15, -0.1) is 0 Å². The molecule has 0 atom stereocenters. The monoisotopic (exact) mass is 191 g/mol. The van der Waals surface area contributed by atoms with Crippen molar-refractivity contribution >= 4 is 17.6 Å². The van der Waals surface area contributed by atoms with Crippen molar-refractivity contribution < 1.29 is 8.78 Å². The Morgan fingerprint density at radius 3 is 2.67 bits per heavy atom. The number of aromatic nitrogens is 2. The van der Waals surface area contributed by atoms with Crippen molar-refractivity contribution in [3.8, 4) is 0 Å². The summed E-state index contributed by atoms with van der Waals surface area (Å²) in [7, 11) is 0. The summed E-state index contributed by atoms with van der Waals surface area (Å²) >= 11 is 1.18. The minimum absolute atomic E-state index is 0.0737. The number of alkyl halides is 2. The van der Waals surface area contributed by atoms with E-state index in [0.717, 1.165) is 6.07 Å². The molecule has 1 heterocycles. The molecule has 6 heteroatoms. The average molecular weight is 191 g/mol. The molecule has 0 aliphatic carbocycles. The highest BCUT2D eigenvalue weighted by Gasteiger charge is 2.11. The molecular weight excluding hydrogens is 184 g/mol. The van der Waals surface area contributed by atoms with Crippen LogP contribution < -0.4 is 5.73 Å². The molecule has 0 aromatic carbocycles. The molecule has 0 saturated carbocycles. The zero-order valence-corrected chi connectivity index (χ0v) is 7.11. The summed E-state index contributed by atoms with van der Waals surface area (Å²) in [6, 6.07) is 1.07. The number of thioether (sulfide) groups is 1. The molecule has 0 amide bonds. The van der Waals surface area contributed by atoms with E-state index in [1.54, 1.807) is 6.26 Å². The number of hydrogen-bond acceptors (Lipinski definition) is 4. The van der Waals surface area contributed by atoms with Crippen LogP contribution in [-0.4, -0.2) is 16.2 Å². The highest BCUT2D eigenvalue weighted by atomic mass is 32.2. The van der Waals surface area contributed by atoms with E-state index in [2.05, 4.69) is 9.97 Å². The van der Waals surface area contributed by atoms with Crippen LogP contribution in [0.1, 0.15) is 12.1 Å². The Balaban J connectivity index is 3.06. The number of nitrogen functional groups attached to an aromatic ring is 1. The van der Waals surface area contributed by atoms with Crippen molar-refractivity contribution in [3.05, 3.63) is 11.8 Å². The van der Waals surface area contributed by atoms with Gasteiger partial charge >= 0.3 is 0 Å². The SMILES string of the molecule is CSc1nc(N)cc(C(F)F)n1. The van der Waals surface area contributed by atoms with Crippen LogP contribution in [0.25, 0.3) is 0 Å². The largest absolute Gasteiger partial charge is 0.384 e. The summed E-state index contributed by atoms with van der Waals surface area (Å²) in [5.41, 5.74) is 4.95. The number of rotatable bonds is 2. The van der Waals surface area contributed by atoms with Crippen molar-refractivity contribution in [3.63, 3.8) is 0 Å². The summed E-state index contributed by atoms with van der Waals surface area (Å²) in [5, 5.41) is 0.269. The molecule has 0 bridgehead atoms. The Kier molecular flexibility index (Phi) is 2.80. The molecule has 12 heavy (non-hydrogen) atoms. The van der Waals surface area contributed by atoms with Crippen LogP contribution in [0.5, 0.6) is 0 Å². The van der Waals surface area contributed by atoms with Crippen LogP contribution in [0.3, 0.4) is 0 Å². The Morgan fingerprint density at radius 2 is 2.17 bits per heavy atom. The topological polar surface area (TPSA) is 51.8 Å². The standard InChI is InChI=1S/C6H7F2N3S/c1-12-6-10-3(5(7)8)2-4(9)11-6/h2,5H,1H3,(H2,9,10,11). The van der Waals surface area contributed by atoms with Crippen LogP contribution in [0.4, 0.5) is 14.6 Å². The number of nitrogens with zero attached hydrogens (tertiary/aromatic N) is 2. The second-order valence-corrected chi connectivity index (χ2v) is 2.78. The molecule has 3 nitrogen and oxygen atoms in total. The van der Waals surface area contributed by atoms with Gasteiger partial charge in [-0.1, -0.05) is 11.8 Å². The van der Waals surface area contributed by atoms with Gasteiger partial charge < -0.3 is 5.73 Å². The molecule has 0 unspecified atom stereocenters. The zero-order chi connectivity index (χ0) is 9.14. The molecule has 0 spiro atoms. The minimum Gasteiger partial charge on any atom is -0.384 e. The molecule has 2 N–H and O–H groups in total. The lowest BCUT2D eigenvalue weighted by molar-refractivity contribution is 0.145. The Bertz CT molecular complexity index is 279. The van der Waals surface area contributed by atoms with Gasteiger partial charge in [-0.25, -0.2) is 18.7 Å². The fraction of sp³-hybridized carbons (Fsp3) is 0.333. The number of anilines is 1. The van der Waals surface area contributed by atoms with Crippen molar-refractivity contribution in [2.24, 2.45) is 0 Å². The summed E-state index contributed by atoms with van der Waals surface area (Å²) in [4.78, 5) is 7.30. The molecule has 0 aliphatic heterocycles. The average Bonchev–Trinajstić information content (AvgIpc) is 2.03. The smallest absolute Gasteiger partial charge is 0.280 e. The Hall–Kier alpha value is -0.910. The van der Waals surface area contributed by atoms with Crippen molar-refractivity contribution in [2.45, 2.75) is 11.6 Å². The molecule has 0 saturated heterocycles. The third-order valence-electron chi connectivity index (χ3n) is 1.15. The van der Waals surface area contributed by atoms with Crippen LogP contribution >= 0.6 is 11.8 Å². The van der Waals surface area contributed by atoms with E-state index in [-0.39, 0.29) is 16.7 Å². The fourth-order valence-electron chi connectivity index (χ4n) is 0.665. The lowest BCUT2D eigenvalue weighted by atomic mass is 10.4. The maximum Gasteiger partial charge on any atom is 0.280 e. The maximum absolute atomic E-state index is 12.1. The molecule has 1 aromatic rings. The first kappa shape index (κ1) is 9.18. The van der Waals surface area contributed by atoms with Gasteiger partial charge in [-0.3, -0.25) is 0 Å². The van der Waals surface area contributed by atoms with E-state index >= 15 is 0 Å². The van der Waals surface area contributed by atoms with Crippen LogP contribution in [0.15, 0.2) is 11.2 Å². The molecular formula is C6H7F2N3S. The Labute approximate surface area is 72.4 Å². The van der Waals surface area contributed by atoms with E-state index in [1.807, 2.05) is 0 Å². The molecule has 0 aliphatic rings. The summed E-state index contributed by atoms with van der Waals surface area (Å²) in [6.07, 6.45) is -0.898. The van der Waals surface area contributed by atoms with Crippen molar-refractivity contribution in [2.75, 3.05) is 12.0 Å². The maximum atomic E-state index is 12.1. The first-order chi connectivity index (χ1) is 5.63. The van der Waals surface area contributed by atoms with Crippen LogP contribution in [0, 0.1) is 0 Å². The molecule has 1 rings (SSSR count). The van der Waals surface area contributed by atoms with Crippen LogP contribution in [0.2, 0.25) is 0 Å². The van der Waals surface area contributed by atoms with Crippen molar-refractivity contribution in [1.82, 2.24) is 9.97 Å². The second-order valence-electron chi connectivity index (χ2n) is 2.01. The normalized spacial score (nSPS) is 10.7. The van der Waals surface area contributed by atoms with Gasteiger partial charge in [-0.2, -0.15) is 0 Å². The number of halogens is 2.